The second-order valence-electron chi connectivity index (χ2n) is 7.02. The maximum atomic E-state index is 12.5. The fourth-order valence-corrected chi connectivity index (χ4v) is 3.05. The highest BCUT2D eigenvalue weighted by atomic mass is 16.5. The molecular formula is C25H29N3O6. The van der Waals surface area contributed by atoms with Gasteiger partial charge in [-0.1, -0.05) is 12.1 Å². The summed E-state index contributed by atoms with van der Waals surface area (Å²) in [5.41, 5.74) is 1.48. The average molecular weight is 468 g/mol. The Morgan fingerprint density at radius 1 is 0.941 bits per heavy atom. The van der Waals surface area contributed by atoms with E-state index in [1.54, 1.807) is 38.5 Å². The first-order valence-corrected chi connectivity index (χ1v) is 10.6. The fraction of sp³-hybridized carbons (Fsp3) is 0.320. The topological polar surface area (TPSA) is 119 Å². The zero-order valence-electron chi connectivity index (χ0n) is 19.8. The number of nitrogens with one attached hydrogen (secondary N) is 2. The first-order valence-electron chi connectivity index (χ1n) is 10.6. The zero-order chi connectivity index (χ0) is 24.9. The van der Waals surface area contributed by atoms with E-state index in [1.165, 1.54) is 13.2 Å². The zero-order valence-corrected chi connectivity index (χ0v) is 19.8. The Kier molecular flexibility index (Phi) is 10.3. The molecule has 0 heterocycles. The van der Waals surface area contributed by atoms with Crippen LogP contribution in [0.5, 0.6) is 23.0 Å². The van der Waals surface area contributed by atoms with Gasteiger partial charge in [0.15, 0.2) is 29.6 Å². The lowest BCUT2D eigenvalue weighted by Crippen LogP contribution is -2.28. The van der Waals surface area contributed by atoms with Gasteiger partial charge < -0.3 is 29.6 Å². The van der Waals surface area contributed by atoms with Gasteiger partial charge in [-0.25, -0.2) is 0 Å². The number of carbonyl (C=O) groups excluding carboxylic acids is 2. The summed E-state index contributed by atoms with van der Waals surface area (Å²) in [5.74, 6) is 1.26. The van der Waals surface area contributed by atoms with Crippen molar-refractivity contribution in [2.24, 2.45) is 0 Å². The van der Waals surface area contributed by atoms with E-state index in [-0.39, 0.29) is 18.1 Å². The van der Waals surface area contributed by atoms with Gasteiger partial charge in [0.2, 0.25) is 0 Å². The van der Waals surface area contributed by atoms with Gasteiger partial charge in [-0.05, 0) is 54.8 Å². The smallest absolute Gasteiger partial charge is 0.261 e. The molecule has 2 aromatic rings. The SMILES string of the molecule is CCNC(=O)COc1ccc(/C=C(\C#N)C(=O)NCCc2ccc(OC)c(OC)c2)cc1OC. The normalized spacial score (nSPS) is 10.6. The number of methoxy groups -OCH3 is 3. The van der Waals surface area contributed by atoms with Crippen molar-refractivity contribution in [3.63, 3.8) is 0 Å². The second-order valence-corrected chi connectivity index (χ2v) is 7.02. The molecule has 0 atom stereocenters. The van der Waals surface area contributed by atoms with Crippen LogP contribution in [0.15, 0.2) is 42.0 Å². The molecule has 2 amide bonds. The van der Waals surface area contributed by atoms with Gasteiger partial charge in [-0.15, -0.1) is 0 Å². The largest absolute Gasteiger partial charge is 0.493 e. The van der Waals surface area contributed by atoms with E-state index < -0.39 is 5.91 Å². The molecule has 0 fully saturated rings. The van der Waals surface area contributed by atoms with Crippen molar-refractivity contribution in [3.05, 3.63) is 53.1 Å². The summed E-state index contributed by atoms with van der Waals surface area (Å²) in [5, 5.41) is 14.9. The molecule has 0 aromatic heterocycles. The summed E-state index contributed by atoms with van der Waals surface area (Å²) >= 11 is 0. The molecule has 9 heteroatoms. The van der Waals surface area contributed by atoms with Crippen LogP contribution >= 0.6 is 0 Å². The monoisotopic (exact) mass is 467 g/mol. The molecule has 180 valence electrons. The number of ether oxygens (including phenoxy) is 4. The number of amides is 2. The van der Waals surface area contributed by atoms with Crippen LogP contribution in [0.25, 0.3) is 6.08 Å². The summed E-state index contributed by atoms with van der Waals surface area (Å²) in [6, 6.07) is 12.4. The molecule has 0 aliphatic rings. The van der Waals surface area contributed by atoms with E-state index in [4.69, 9.17) is 18.9 Å². The first-order chi connectivity index (χ1) is 16.4. The van der Waals surface area contributed by atoms with Gasteiger partial charge in [0, 0.05) is 13.1 Å². The standard InChI is InChI=1S/C25H29N3O6/c1-5-27-24(29)16-34-21-9-7-18(14-23(21)33-4)12-19(15-26)25(30)28-11-10-17-6-8-20(31-2)22(13-17)32-3/h6-9,12-14H,5,10-11,16H2,1-4H3,(H,27,29)(H,28,30)/b19-12+. The Balaban J connectivity index is 2.02. The number of rotatable bonds is 12. The minimum absolute atomic E-state index is 0.0506. The van der Waals surface area contributed by atoms with Gasteiger partial charge >= 0.3 is 0 Å². The lowest BCUT2D eigenvalue weighted by molar-refractivity contribution is -0.123. The number of nitriles is 1. The number of likely N-dealkylation sites (N-methyl/N-ethyl adjacent to an activating group) is 1. The maximum absolute atomic E-state index is 12.5. The maximum Gasteiger partial charge on any atom is 0.261 e. The van der Waals surface area contributed by atoms with E-state index in [2.05, 4.69) is 10.6 Å². The van der Waals surface area contributed by atoms with E-state index in [9.17, 15) is 14.9 Å². The predicted molar refractivity (Wildman–Crippen MR) is 127 cm³/mol. The van der Waals surface area contributed by atoms with E-state index >= 15 is 0 Å². The van der Waals surface area contributed by atoms with Gasteiger partial charge in [0.25, 0.3) is 11.8 Å². The van der Waals surface area contributed by atoms with Crippen LogP contribution in [0.2, 0.25) is 0 Å². The van der Waals surface area contributed by atoms with Gasteiger partial charge in [-0.3, -0.25) is 9.59 Å². The van der Waals surface area contributed by atoms with Crippen molar-refractivity contribution >= 4 is 17.9 Å². The van der Waals surface area contributed by atoms with Crippen molar-refractivity contribution in [2.75, 3.05) is 41.0 Å². The molecule has 0 aliphatic carbocycles. The predicted octanol–water partition coefficient (Wildman–Crippen LogP) is 2.49. The molecular weight excluding hydrogens is 438 g/mol. The highest BCUT2D eigenvalue weighted by molar-refractivity contribution is 6.01. The summed E-state index contributed by atoms with van der Waals surface area (Å²) in [4.78, 5) is 24.1. The van der Waals surface area contributed by atoms with Crippen LogP contribution in [0, 0.1) is 11.3 Å². The molecule has 2 rings (SSSR count). The molecule has 34 heavy (non-hydrogen) atoms. The van der Waals surface area contributed by atoms with Crippen LogP contribution in [-0.2, 0) is 16.0 Å². The highest BCUT2D eigenvalue weighted by Gasteiger charge is 2.12. The fourth-order valence-electron chi connectivity index (χ4n) is 3.05. The third-order valence-electron chi connectivity index (χ3n) is 4.74. The molecule has 0 unspecified atom stereocenters. The van der Waals surface area contributed by atoms with Crippen LogP contribution in [0.1, 0.15) is 18.1 Å². The van der Waals surface area contributed by atoms with Crippen molar-refractivity contribution in [1.29, 1.82) is 5.26 Å². The highest BCUT2D eigenvalue weighted by Crippen LogP contribution is 2.29. The third kappa shape index (κ3) is 7.45. The third-order valence-corrected chi connectivity index (χ3v) is 4.74. The second kappa shape index (κ2) is 13.4. The minimum Gasteiger partial charge on any atom is -0.493 e. The number of hydrogen-bond donors (Lipinski definition) is 2. The van der Waals surface area contributed by atoms with E-state index in [0.717, 1.165) is 5.56 Å². The van der Waals surface area contributed by atoms with Crippen molar-refractivity contribution in [2.45, 2.75) is 13.3 Å². The molecule has 0 radical (unpaired) electrons. The quantitative estimate of drug-likeness (QED) is 0.364. The van der Waals surface area contributed by atoms with Crippen LogP contribution in [0.3, 0.4) is 0 Å². The summed E-state index contributed by atoms with van der Waals surface area (Å²) in [6.07, 6.45) is 2.01. The number of nitrogens with zero attached hydrogens (tertiary/aromatic N) is 1. The summed E-state index contributed by atoms with van der Waals surface area (Å²) in [7, 11) is 4.59. The van der Waals surface area contributed by atoms with Crippen molar-refractivity contribution < 1.29 is 28.5 Å². The molecule has 0 bridgehead atoms. The van der Waals surface area contributed by atoms with Gasteiger partial charge in [0.05, 0.1) is 21.3 Å². The Morgan fingerprint density at radius 2 is 1.62 bits per heavy atom. The molecule has 0 spiro atoms. The Morgan fingerprint density at radius 3 is 2.26 bits per heavy atom. The molecule has 9 nitrogen and oxygen atoms in total. The molecule has 2 aromatic carbocycles. The number of hydrogen-bond acceptors (Lipinski definition) is 7. The lowest BCUT2D eigenvalue weighted by atomic mass is 10.1. The van der Waals surface area contributed by atoms with Crippen LogP contribution in [-0.4, -0.2) is 52.8 Å². The number of benzene rings is 2. The lowest BCUT2D eigenvalue weighted by Gasteiger charge is -2.11. The Labute approximate surface area is 199 Å². The van der Waals surface area contributed by atoms with Crippen LogP contribution in [0.4, 0.5) is 0 Å². The van der Waals surface area contributed by atoms with E-state index in [0.29, 0.717) is 48.1 Å². The molecule has 0 saturated carbocycles. The summed E-state index contributed by atoms with van der Waals surface area (Å²) in [6.45, 7) is 2.52. The van der Waals surface area contributed by atoms with E-state index in [1.807, 2.05) is 25.1 Å². The number of carbonyl (C=O) groups is 2. The Hall–Kier alpha value is -4.19. The van der Waals surface area contributed by atoms with Crippen LogP contribution < -0.4 is 29.6 Å². The minimum atomic E-state index is -0.487. The first kappa shape index (κ1) is 26.1. The molecule has 2 N–H and O–H groups in total. The van der Waals surface area contributed by atoms with Crippen molar-refractivity contribution in [3.8, 4) is 29.1 Å². The summed E-state index contributed by atoms with van der Waals surface area (Å²) < 4.78 is 21.3. The Bertz CT molecular complexity index is 1070. The van der Waals surface area contributed by atoms with Gasteiger partial charge in [-0.2, -0.15) is 5.26 Å². The molecule has 0 aliphatic heterocycles. The average Bonchev–Trinajstić information content (AvgIpc) is 2.86. The van der Waals surface area contributed by atoms with Crippen molar-refractivity contribution in [1.82, 2.24) is 10.6 Å². The molecule has 0 saturated heterocycles. The van der Waals surface area contributed by atoms with Gasteiger partial charge in [0.1, 0.15) is 11.6 Å².